The maximum absolute atomic E-state index is 9.13. The molecule has 3 atom stereocenters. The Hall–Kier alpha value is -1.20. The minimum absolute atomic E-state index is 0.0116. The van der Waals surface area contributed by atoms with E-state index in [4.69, 9.17) is 21.6 Å². The van der Waals surface area contributed by atoms with E-state index in [0.717, 1.165) is 19.3 Å². The summed E-state index contributed by atoms with van der Waals surface area (Å²) in [5.74, 6) is 1.29. The predicted octanol–water partition coefficient (Wildman–Crippen LogP) is 4.05. The molecule has 0 spiro atoms. The number of rotatable bonds is 2. The average Bonchev–Trinajstić information content (AvgIpc) is 2.32. The molecule has 3 heteroatoms. The third-order valence-electron chi connectivity index (χ3n) is 3.33. The zero-order valence-electron chi connectivity index (χ0n) is 9.90. The molecule has 1 aliphatic carbocycles. The molecule has 0 saturated heterocycles. The van der Waals surface area contributed by atoms with Gasteiger partial charge in [0.25, 0.3) is 0 Å². The summed E-state index contributed by atoms with van der Waals surface area (Å²) in [7, 11) is 0. The van der Waals surface area contributed by atoms with Crippen molar-refractivity contribution in [3.05, 3.63) is 29.3 Å². The van der Waals surface area contributed by atoms with E-state index in [1.165, 1.54) is 0 Å². The van der Waals surface area contributed by atoms with Crippen LogP contribution in [0.15, 0.2) is 24.3 Å². The summed E-state index contributed by atoms with van der Waals surface area (Å²) < 4.78 is 5.91. The minimum Gasteiger partial charge on any atom is -0.487 e. The van der Waals surface area contributed by atoms with Crippen LogP contribution in [0.5, 0.6) is 5.75 Å². The first kappa shape index (κ1) is 12.3. The third kappa shape index (κ3) is 2.92. The molecule has 2 nitrogen and oxygen atoms in total. The Kier molecular flexibility index (Phi) is 3.91. The molecule has 1 aromatic carbocycles. The highest BCUT2D eigenvalue weighted by molar-refractivity contribution is 6.32. The lowest BCUT2D eigenvalue weighted by Gasteiger charge is -2.31. The largest absolute Gasteiger partial charge is 0.487 e. The molecule has 0 aromatic heterocycles. The SMILES string of the molecule is CC1CCC(C#N)C(Oc2ccccc2Cl)C1. The van der Waals surface area contributed by atoms with Crippen molar-refractivity contribution in [3.63, 3.8) is 0 Å². The predicted molar refractivity (Wildman–Crippen MR) is 68.0 cm³/mol. The molecular weight excluding hydrogens is 234 g/mol. The van der Waals surface area contributed by atoms with Crippen LogP contribution in [-0.4, -0.2) is 6.10 Å². The maximum Gasteiger partial charge on any atom is 0.138 e. The first-order valence-electron chi connectivity index (χ1n) is 6.01. The second kappa shape index (κ2) is 5.42. The fourth-order valence-corrected chi connectivity index (χ4v) is 2.49. The quantitative estimate of drug-likeness (QED) is 0.792. The summed E-state index contributed by atoms with van der Waals surface area (Å²) in [6.45, 7) is 2.20. The molecule has 2 rings (SSSR count). The zero-order chi connectivity index (χ0) is 12.3. The highest BCUT2D eigenvalue weighted by atomic mass is 35.5. The molecule has 1 aliphatic rings. The smallest absolute Gasteiger partial charge is 0.138 e. The topological polar surface area (TPSA) is 33.0 Å². The summed E-state index contributed by atoms with van der Waals surface area (Å²) in [5.41, 5.74) is 0. The van der Waals surface area contributed by atoms with Crippen molar-refractivity contribution in [2.75, 3.05) is 0 Å². The molecule has 1 fully saturated rings. The zero-order valence-corrected chi connectivity index (χ0v) is 10.7. The van der Waals surface area contributed by atoms with Crippen LogP contribution in [0.2, 0.25) is 5.02 Å². The van der Waals surface area contributed by atoms with Crippen LogP contribution in [0.3, 0.4) is 0 Å². The first-order chi connectivity index (χ1) is 8.20. The van der Waals surface area contributed by atoms with Gasteiger partial charge in [0.15, 0.2) is 0 Å². The van der Waals surface area contributed by atoms with Crippen molar-refractivity contribution >= 4 is 11.6 Å². The highest BCUT2D eigenvalue weighted by Gasteiger charge is 2.30. The van der Waals surface area contributed by atoms with Gasteiger partial charge in [0, 0.05) is 0 Å². The number of para-hydroxylation sites is 1. The fourth-order valence-electron chi connectivity index (χ4n) is 2.31. The molecule has 1 saturated carbocycles. The van der Waals surface area contributed by atoms with Crippen molar-refractivity contribution in [1.82, 2.24) is 0 Å². The van der Waals surface area contributed by atoms with Crippen molar-refractivity contribution in [3.8, 4) is 11.8 Å². The van der Waals surface area contributed by atoms with E-state index in [2.05, 4.69) is 13.0 Å². The number of ether oxygens (including phenoxy) is 1. The Labute approximate surface area is 107 Å². The molecular formula is C14H16ClNO. The molecule has 0 radical (unpaired) electrons. The van der Waals surface area contributed by atoms with E-state index in [1.807, 2.05) is 24.3 Å². The van der Waals surface area contributed by atoms with Crippen LogP contribution in [0.25, 0.3) is 0 Å². The Morgan fingerprint density at radius 1 is 1.35 bits per heavy atom. The number of halogens is 1. The van der Waals surface area contributed by atoms with Crippen LogP contribution in [0, 0.1) is 23.2 Å². The van der Waals surface area contributed by atoms with E-state index in [0.29, 0.717) is 16.7 Å². The fraction of sp³-hybridized carbons (Fsp3) is 0.500. The van der Waals surface area contributed by atoms with Gasteiger partial charge in [0.1, 0.15) is 11.9 Å². The van der Waals surface area contributed by atoms with Crippen LogP contribution < -0.4 is 4.74 Å². The van der Waals surface area contributed by atoms with Gasteiger partial charge in [0.05, 0.1) is 17.0 Å². The summed E-state index contributed by atoms with van der Waals surface area (Å²) in [6.07, 6.45) is 2.94. The molecule has 3 unspecified atom stereocenters. The van der Waals surface area contributed by atoms with E-state index in [9.17, 15) is 0 Å². The molecule has 90 valence electrons. The molecule has 0 heterocycles. The van der Waals surface area contributed by atoms with E-state index >= 15 is 0 Å². The monoisotopic (exact) mass is 249 g/mol. The Bertz CT molecular complexity index is 426. The van der Waals surface area contributed by atoms with E-state index in [1.54, 1.807) is 0 Å². The molecule has 17 heavy (non-hydrogen) atoms. The Morgan fingerprint density at radius 3 is 2.82 bits per heavy atom. The second-order valence-electron chi connectivity index (χ2n) is 4.74. The van der Waals surface area contributed by atoms with Gasteiger partial charge in [-0.3, -0.25) is 0 Å². The lowest BCUT2D eigenvalue weighted by atomic mass is 9.81. The van der Waals surface area contributed by atoms with Gasteiger partial charge in [-0.15, -0.1) is 0 Å². The summed E-state index contributed by atoms with van der Waals surface area (Å²) in [4.78, 5) is 0. The van der Waals surface area contributed by atoms with Crippen molar-refractivity contribution in [2.45, 2.75) is 32.3 Å². The highest BCUT2D eigenvalue weighted by Crippen LogP contribution is 2.33. The summed E-state index contributed by atoms with van der Waals surface area (Å²) in [6, 6.07) is 9.79. The van der Waals surface area contributed by atoms with Gasteiger partial charge in [-0.05, 0) is 37.3 Å². The second-order valence-corrected chi connectivity index (χ2v) is 5.15. The molecule has 0 aliphatic heterocycles. The lowest BCUT2D eigenvalue weighted by molar-refractivity contribution is 0.0957. The Balaban J connectivity index is 2.11. The van der Waals surface area contributed by atoms with Gasteiger partial charge < -0.3 is 4.74 Å². The third-order valence-corrected chi connectivity index (χ3v) is 3.65. The minimum atomic E-state index is -0.0244. The van der Waals surface area contributed by atoms with Crippen LogP contribution >= 0.6 is 11.6 Å². The molecule has 1 aromatic rings. The lowest BCUT2D eigenvalue weighted by Crippen LogP contribution is -2.32. The summed E-state index contributed by atoms with van der Waals surface area (Å²) >= 11 is 6.06. The summed E-state index contributed by atoms with van der Waals surface area (Å²) in [5, 5.41) is 9.75. The number of nitriles is 1. The number of hydrogen-bond donors (Lipinski definition) is 0. The standard InChI is InChI=1S/C14H16ClNO/c1-10-6-7-11(9-16)14(8-10)17-13-5-3-2-4-12(13)15/h2-5,10-11,14H,6-8H2,1H3. The molecule has 0 N–H and O–H groups in total. The van der Waals surface area contributed by atoms with Gasteiger partial charge >= 0.3 is 0 Å². The van der Waals surface area contributed by atoms with E-state index in [-0.39, 0.29) is 12.0 Å². The average molecular weight is 250 g/mol. The molecule has 0 amide bonds. The van der Waals surface area contributed by atoms with Crippen molar-refractivity contribution in [2.24, 2.45) is 11.8 Å². The van der Waals surface area contributed by atoms with Gasteiger partial charge in [-0.25, -0.2) is 0 Å². The van der Waals surface area contributed by atoms with Gasteiger partial charge in [-0.1, -0.05) is 30.7 Å². The molecule has 0 bridgehead atoms. The van der Waals surface area contributed by atoms with E-state index < -0.39 is 0 Å². The van der Waals surface area contributed by atoms with Gasteiger partial charge in [-0.2, -0.15) is 5.26 Å². The van der Waals surface area contributed by atoms with Crippen molar-refractivity contribution < 1.29 is 4.74 Å². The van der Waals surface area contributed by atoms with Crippen LogP contribution in [0.4, 0.5) is 0 Å². The van der Waals surface area contributed by atoms with Crippen LogP contribution in [0.1, 0.15) is 26.2 Å². The number of benzene rings is 1. The maximum atomic E-state index is 9.13. The first-order valence-corrected chi connectivity index (χ1v) is 6.39. The van der Waals surface area contributed by atoms with Crippen LogP contribution in [-0.2, 0) is 0 Å². The normalized spacial score (nSPS) is 28.4. The number of hydrogen-bond acceptors (Lipinski definition) is 2. The number of nitrogens with zero attached hydrogens (tertiary/aromatic N) is 1. The van der Waals surface area contributed by atoms with Crippen molar-refractivity contribution in [1.29, 1.82) is 5.26 Å². The Morgan fingerprint density at radius 2 is 2.12 bits per heavy atom. The van der Waals surface area contributed by atoms with Gasteiger partial charge in [0.2, 0.25) is 0 Å².